The van der Waals surface area contributed by atoms with Gasteiger partial charge in [-0.15, -0.1) is 0 Å². The smallest absolute Gasteiger partial charge is 0.249 e. The summed E-state index contributed by atoms with van der Waals surface area (Å²) in [5.74, 6) is 0.699. The van der Waals surface area contributed by atoms with Gasteiger partial charge in [0, 0.05) is 18.5 Å². The van der Waals surface area contributed by atoms with E-state index in [-0.39, 0.29) is 17.8 Å². The number of rotatable bonds is 7. The van der Waals surface area contributed by atoms with Gasteiger partial charge in [0.1, 0.15) is 11.9 Å². The lowest BCUT2D eigenvalue weighted by molar-refractivity contribution is -0.135. The van der Waals surface area contributed by atoms with Gasteiger partial charge in [-0.3, -0.25) is 4.79 Å². The molecule has 1 aromatic heterocycles. The van der Waals surface area contributed by atoms with E-state index in [2.05, 4.69) is 10.1 Å². The molecule has 0 bridgehead atoms. The van der Waals surface area contributed by atoms with Crippen LogP contribution in [-0.4, -0.2) is 34.0 Å². The number of amides is 1. The number of hydrogen-bond donors (Lipinski definition) is 1. The first-order valence-corrected chi connectivity index (χ1v) is 9.28. The van der Waals surface area contributed by atoms with Crippen molar-refractivity contribution in [2.24, 2.45) is 5.73 Å². The van der Waals surface area contributed by atoms with Gasteiger partial charge in [0.05, 0.1) is 0 Å². The van der Waals surface area contributed by atoms with E-state index in [0.717, 1.165) is 38.5 Å². The van der Waals surface area contributed by atoms with Crippen LogP contribution < -0.4 is 5.73 Å². The minimum absolute atomic E-state index is 0.133. The first-order valence-electron chi connectivity index (χ1n) is 9.28. The standard InChI is InChI=1S/C19H25FN4O2/c20-15-10-8-14(9-11-15)18-22-19(26-23-18)16-6-3-5-13-24(16)17(25)7-2-1-4-12-21/h8-11,16H,1-7,12-13,21H2/t16-/m1/s1. The Kier molecular flexibility index (Phi) is 6.33. The summed E-state index contributed by atoms with van der Waals surface area (Å²) < 4.78 is 18.5. The molecule has 1 amide bonds. The van der Waals surface area contributed by atoms with Gasteiger partial charge in [0.25, 0.3) is 0 Å². The van der Waals surface area contributed by atoms with E-state index in [9.17, 15) is 9.18 Å². The highest BCUT2D eigenvalue weighted by molar-refractivity contribution is 5.76. The summed E-state index contributed by atoms with van der Waals surface area (Å²) in [5.41, 5.74) is 6.19. The van der Waals surface area contributed by atoms with Crippen LogP contribution in [0.25, 0.3) is 11.4 Å². The van der Waals surface area contributed by atoms with Crippen molar-refractivity contribution >= 4 is 5.91 Å². The van der Waals surface area contributed by atoms with E-state index in [1.807, 2.05) is 4.90 Å². The number of unbranched alkanes of at least 4 members (excludes halogenated alkanes) is 2. The first-order chi connectivity index (χ1) is 12.7. The normalized spacial score (nSPS) is 17.5. The predicted octanol–water partition coefficient (Wildman–Crippen LogP) is 3.45. The number of halogens is 1. The molecule has 6 nitrogen and oxygen atoms in total. The Bertz CT molecular complexity index is 717. The van der Waals surface area contributed by atoms with Gasteiger partial charge in [0.15, 0.2) is 0 Å². The lowest BCUT2D eigenvalue weighted by Crippen LogP contribution is -2.38. The molecule has 0 radical (unpaired) electrons. The van der Waals surface area contributed by atoms with Gasteiger partial charge in [0.2, 0.25) is 17.6 Å². The summed E-state index contributed by atoms with van der Waals surface area (Å²) in [6.45, 7) is 1.38. The third-order valence-corrected chi connectivity index (χ3v) is 4.75. The van der Waals surface area contributed by atoms with E-state index < -0.39 is 0 Å². The zero-order valence-electron chi connectivity index (χ0n) is 14.9. The molecule has 2 N–H and O–H groups in total. The Morgan fingerprint density at radius 3 is 2.81 bits per heavy atom. The fourth-order valence-corrected chi connectivity index (χ4v) is 3.31. The number of carbonyl (C=O) groups excluding carboxylic acids is 1. The van der Waals surface area contributed by atoms with E-state index in [1.54, 1.807) is 12.1 Å². The van der Waals surface area contributed by atoms with Crippen LogP contribution in [0.2, 0.25) is 0 Å². The Labute approximate surface area is 152 Å². The Morgan fingerprint density at radius 2 is 2.04 bits per heavy atom. The third kappa shape index (κ3) is 4.46. The molecule has 7 heteroatoms. The van der Waals surface area contributed by atoms with Crippen LogP contribution in [0.15, 0.2) is 28.8 Å². The van der Waals surface area contributed by atoms with Gasteiger partial charge >= 0.3 is 0 Å². The van der Waals surface area contributed by atoms with Gasteiger partial charge in [-0.1, -0.05) is 11.6 Å². The van der Waals surface area contributed by atoms with Crippen molar-refractivity contribution in [2.75, 3.05) is 13.1 Å². The lowest BCUT2D eigenvalue weighted by Gasteiger charge is -2.33. The number of hydrogen-bond acceptors (Lipinski definition) is 5. The minimum atomic E-state index is -0.309. The zero-order valence-corrected chi connectivity index (χ0v) is 14.9. The summed E-state index contributed by atoms with van der Waals surface area (Å²) >= 11 is 0. The number of benzene rings is 1. The van der Waals surface area contributed by atoms with Crippen LogP contribution in [0.4, 0.5) is 4.39 Å². The van der Waals surface area contributed by atoms with Crippen LogP contribution in [0, 0.1) is 5.82 Å². The fraction of sp³-hybridized carbons (Fsp3) is 0.526. The second-order valence-electron chi connectivity index (χ2n) is 6.66. The maximum atomic E-state index is 13.1. The van der Waals surface area contributed by atoms with Crippen LogP contribution >= 0.6 is 0 Å². The molecule has 2 aromatic rings. The van der Waals surface area contributed by atoms with E-state index >= 15 is 0 Å². The Morgan fingerprint density at radius 1 is 1.23 bits per heavy atom. The molecule has 1 atom stereocenters. The molecule has 2 heterocycles. The predicted molar refractivity (Wildman–Crippen MR) is 95.5 cm³/mol. The van der Waals surface area contributed by atoms with Crippen molar-refractivity contribution < 1.29 is 13.7 Å². The molecule has 1 aromatic carbocycles. The molecule has 0 aliphatic carbocycles. The van der Waals surface area contributed by atoms with Crippen LogP contribution in [-0.2, 0) is 4.79 Å². The Balaban J connectivity index is 1.69. The van der Waals surface area contributed by atoms with Crippen molar-refractivity contribution in [1.29, 1.82) is 0 Å². The van der Waals surface area contributed by atoms with Crippen molar-refractivity contribution in [3.05, 3.63) is 36.0 Å². The van der Waals surface area contributed by atoms with Crippen molar-refractivity contribution in [3.63, 3.8) is 0 Å². The summed E-state index contributed by atoms with van der Waals surface area (Å²) in [6, 6.07) is 5.79. The van der Waals surface area contributed by atoms with Gasteiger partial charge in [-0.05, 0) is 62.9 Å². The fourth-order valence-electron chi connectivity index (χ4n) is 3.31. The number of nitrogens with zero attached hydrogens (tertiary/aromatic N) is 3. The second-order valence-corrected chi connectivity index (χ2v) is 6.66. The average Bonchev–Trinajstić information content (AvgIpc) is 3.16. The molecular weight excluding hydrogens is 335 g/mol. The number of nitrogens with two attached hydrogens (primary N) is 1. The van der Waals surface area contributed by atoms with Crippen LogP contribution in [0.5, 0.6) is 0 Å². The molecule has 3 rings (SSSR count). The highest BCUT2D eigenvalue weighted by Crippen LogP contribution is 2.31. The molecule has 1 aliphatic rings. The topological polar surface area (TPSA) is 85.3 Å². The van der Waals surface area contributed by atoms with Crippen molar-refractivity contribution in [2.45, 2.75) is 51.0 Å². The summed E-state index contributed by atoms with van der Waals surface area (Å²) in [4.78, 5) is 19.0. The van der Waals surface area contributed by atoms with E-state index in [0.29, 0.717) is 36.8 Å². The van der Waals surface area contributed by atoms with E-state index in [4.69, 9.17) is 10.3 Å². The minimum Gasteiger partial charge on any atom is -0.337 e. The number of likely N-dealkylation sites (tertiary alicyclic amines) is 1. The van der Waals surface area contributed by atoms with Gasteiger partial charge in [-0.2, -0.15) is 4.98 Å². The molecule has 1 saturated heterocycles. The van der Waals surface area contributed by atoms with Gasteiger partial charge < -0.3 is 15.2 Å². The molecule has 0 unspecified atom stereocenters. The Hall–Kier alpha value is -2.28. The molecule has 26 heavy (non-hydrogen) atoms. The zero-order chi connectivity index (χ0) is 18.4. The van der Waals surface area contributed by atoms with Crippen LogP contribution in [0.3, 0.4) is 0 Å². The quantitative estimate of drug-likeness (QED) is 0.765. The summed E-state index contributed by atoms with van der Waals surface area (Å²) in [7, 11) is 0. The molecule has 1 aliphatic heterocycles. The lowest BCUT2D eigenvalue weighted by atomic mass is 10.0. The number of aromatic nitrogens is 2. The number of piperidine rings is 1. The summed E-state index contributed by atoms with van der Waals surface area (Å²) in [5, 5.41) is 4.01. The molecule has 0 saturated carbocycles. The summed E-state index contributed by atoms with van der Waals surface area (Å²) in [6.07, 6.45) is 6.12. The molecule has 1 fully saturated rings. The largest absolute Gasteiger partial charge is 0.337 e. The second kappa shape index (κ2) is 8.89. The number of carbonyl (C=O) groups is 1. The van der Waals surface area contributed by atoms with Crippen molar-refractivity contribution in [1.82, 2.24) is 15.0 Å². The maximum Gasteiger partial charge on any atom is 0.249 e. The highest BCUT2D eigenvalue weighted by atomic mass is 19.1. The molecular formula is C19H25FN4O2. The SMILES string of the molecule is NCCCCCC(=O)N1CCCC[C@@H]1c1nc(-c2ccc(F)cc2)no1. The molecule has 0 spiro atoms. The third-order valence-electron chi connectivity index (χ3n) is 4.75. The van der Waals surface area contributed by atoms with Crippen LogP contribution in [0.1, 0.15) is 56.9 Å². The van der Waals surface area contributed by atoms with E-state index in [1.165, 1.54) is 12.1 Å². The average molecular weight is 360 g/mol. The van der Waals surface area contributed by atoms with Gasteiger partial charge in [-0.25, -0.2) is 4.39 Å². The van der Waals surface area contributed by atoms with Crippen molar-refractivity contribution in [3.8, 4) is 11.4 Å². The molecule has 140 valence electrons. The first kappa shape index (κ1) is 18.5. The monoisotopic (exact) mass is 360 g/mol. The highest BCUT2D eigenvalue weighted by Gasteiger charge is 2.31. The maximum absolute atomic E-state index is 13.1.